The van der Waals surface area contributed by atoms with E-state index in [0.29, 0.717) is 45.1 Å². The van der Waals surface area contributed by atoms with Gasteiger partial charge in [-0.1, -0.05) is 36.4 Å². The van der Waals surface area contributed by atoms with Crippen molar-refractivity contribution in [3.05, 3.63) is 166 Å². The van der Waals surface area contributed by atoms with Crippen LogP contribution >= 0.6 is 15.8 Å². The molecule has 0 atom stereocenters. The Morgan fingerprint density at radius 2 is 0.590 bits per heavy atom. The van der Waals surface area contributed by atoms with Crippen LogP contribution in [0.2, 0.25) is 0 Å². The number of hydrogen-bond donors (Lipinski definition) is 0. The quantitative estimate of drug-likeness (QED) is 0.0730. The molecule has 0 saturated carbocycles. The van der Waals surface area contributed by atoms with Gasteiger partial charge >= 0.3 is 12.6 Å². The summed E-state index contributed by atoms with van der Waals surface area (Å²) in [5, 5.41) is 3.69. The van der Waals surface area contributed by atoms with Crippen LogP contribution in [0.4, 0.5) is 17.6 Å². The number of rotatable bonds is 15. The summed E-state index contributed by atoms with van der Waals surface area (Å²) in [5.74, 6) is 1.01. The van der Waals surface area contributed by atoms with Gasteiger partial charge in [-0.15, -0.1) is 17.6 Å². The summed E-state index contributed by atoms with van der Waals surface area (Å²) in [6.45, 7) is 15.4. The smallest absolute Gasteiger partial charge is 0.496 e. The fourth-order valence-corrected chi connectivity index (χ4v) is 16.4. The zero-order valence-corrected chi connectivity index (χ0v) is 46.8. The van der Waals surface area contributed by atoms with Gasteiger partial charge in [-0.05, 0) is 222 Å². The van der Waals surface area contributed by atoms with Crippen molar-refractivity contribution in [2.75, 3.05) is 28.4 Å². The van der Waals surface area contributed by atoms with Gasteiger partial charge in [0.25, 0.3) is 0 Å². The lowest BCUT2D eigenvalue weighted by Crippen LogP contribution is -2.29. The lowest BCUT2D eigenvalue weighted by atomic mass is 10.0. The highest BCUT2D eigenvalue weighted by atomic mass is 31.1. The zero-order valence-electron chi connectivity index (χ0n) is 45.0. The molecule has 0 saturated heterocycles. The van der Waals surface area contributed by atoms with Gasteiger partial charge in [0.15, 0.2) is 23.0 Å². The van der Waals surface area contributed by atoms with E-state index in [1.807, 2.05) is 104 Å². The predicted molar refractivity (Wildman–Crippen MR) is 299 cm³/mol. The van der Waals surface area contributed by atoms with E-state index in [1.54, 1.807) is 101 Å². The van der Waals surface area contributed by atoms with E-state index in [9.17, 15) is 0 Å². The fraction of sp³-hybridized carbons (Fsp3) is 0.226. The second kappa shape index (κ2) is 20.9. The summed E-state index contributed by atoms with van der Waals surface area (Å²) < 4.78 is 126. The second-order valence-corrected chi connectivity index (χ2v) is 23.5. The van der Waals surface area contributed by atoms with Gasteiger partial charge in [0, 0.05) is 21.7 Å². The highest BCUT2D eigenvalue weighted by Gasteiger charge is 2.52. The average molecular weight is 1100 g/mol. The molecule has 2 aliphatic rings. The molecule has 0 bridgehead atoms. The van der Waals surface area contributed by atoms with Crippen molar-refractivity contribution in [2.24, 2.45) is 0 Å². The maximum Gasteiger partial charge on any atom is 0.586 e. The number of alkyl halides is 4. The zero-order chi connectivity index (χ0) is 55.5. The molecule has 16 heteroatoms. The molecule has 0 aliphatic carbocycles. The molecule has 0 unspecified atom stereocenters. The van der Waals surface area contributed by atoms with Gasteiger partial charge in [-0.3, -0.25) is 0 Å². The number of ether oxygens (including phenoxy) is 10. The molecule has 10 nitrogen and oxygen atoms in total. The van der Waals surface area contributed by atoms with E-state index in [0.717, 1.165) is 65.7 Å². The molecule has 78 heavy (non-hydrogen) atoms. The summed E-state index contributed by atoms with van der Waals surface area (Å²) in [7, 11) is 2.42. The van der Waals surface area contributed by atoms with Crippen LogP contribution in [0.3, 0.4) is 0 Å². The molecule has 0 radical (unpaired) electrons. The summed E-state index contributed by atoms with van der Waals surface area (Å²) in [6, 6.07) is 36.5. The van der Waals surface area contributed by atoms with Crippen molar-refractivity contribution in [1.82, 2.24) is 0 Å². The minimum absolute atomic E-state index is 0.0406. The van der Waals surface area contributed by atoms with Gasteiger partial charge in [-0.2, -0.15) is 0 Å². The van der Waals surface area contributed by atoms with Gasteiger partial charge in [0.1, 0.15) is 34.5 Å². The van der Waals surface area contributed by atoms with Crippen LogP contribution in [0, 0.1) is 55.4 Å². The van der Waals surface area contributed by atoms with Crippen LogP contribution in [-0.2, 0) is 0 Å². The standard InChI is InChI=1S/C62H56F4O10P2/c1-33-23-43(24-34(2)53(33)67-9)77(44-25-35(3)54(68-10)36(4)26-44)49-31-47(71-41-19-15-13-16-20-41)57-59(75-61(63,64)73-57)51(49)52-50(32-48(72-42-21-17-14-18-22-42)58-60(52)76-62(65,66)74-58)78(45-27-37(5)55(69-11)38(6)28-45)46-29-39(7)56(70-12)40(8)30-46/h13-32H,1-12H3. The lowest BCUT2D eigenvalue weighted by Gasteiger charge is -2.30. The second-order valence-electron chi connectivity index (χ2n) is 19.1. The van der Waals surface area contributed by atoms with Crippen molar-refractivity contribution in [2.45, 2.75) is 68.0 Å². The average Bonchev–Trinajstić information content (AvgIpc) is 4.05. The lowest BCUT2D eigenvalue weighted by molar-refractivity contribution is -0.288. The Morgan fingerprint density at radius 1 is 0.346 bits per heavy atom. The number of benzene rings is 8. The van der Waals surface area contributed by atoms with Gasteiger partial charge < -0.3 is 47.4 Å². The number of hydrogen-bond acceptors (Lipinski definition) is 10. The van der Waals surface area contributed by atoms with E-state index in [2.05, 4.69) is 0 Å². The molecule has 0 spiro atoms. The van der Waals surface area contributed by atoms with Crippen molar-refractivity contribution < 1.29 is 64.9 Å². The SMILES string of the molecule is COc1c(C)cc(P(c2cc(C)c(OC)c(C)c2)c2cc(Oc3ccccc3)c3c(c2-c2c(P(c4cc(C)c(OC)c(C)c4)c4cc(C)c(OC)c(C)c4)cc(Oc4ccccc4)c4c2OC(F)(F)O4)OC(F)(F)O3)cc1C. The third kappa shape index (κ3) is 9.97. The Labute approximate surface area is 453 Å². The molecule has 0 amide bonds. The van der Waals surface area contributed by atoms with Crippen LogP contribution in [0.15, 0.2) is 121 Å². The topological polar surface area (TPSA) is 92.3 Å². The van der Waals surface area contributed by atoms with Gasteiger partial charge in [0.05, 0.1) is 28.4 Å². The Balaban J connectivity index is 1.44. The van der Waals surface area contributed by atoms with Crippen molar-refractivity contribution in [3.63, 3.8) is 0 Å². The van der Waals surface area contributed by atoms with Gasteiger partial charge in [0.2, 0.25) is 11.5 Å². The normalized spacial score (nSPS) is 13.7. The molecule has 8 aromatic carbocycles. The van der Waals surface area contributed by atoms with Crippen LogP contribution < -0.4 is 79.2 Å². The highest BCUT2D eigenvalue weighted by molar-refractivity contribution is 7.81. The number of aryl methyl sites for hydroxylation is 8. The predicted octanol–water partition coefficient (Wildman–Crippen LogP) is 13.6. The molecule has 10 rings (SSSR count). The largest absolute Gasteiger partial charge is 0.586 e. The number of halogens is 4. The highest BCUT2D eigenvalue weighted by Crippen LogP contribution is 2.62. The summed E-state index contributed by atoms with van der Waals surface area (Å²) in [4.78, 5) is 0. The Hall–Kier alpha value is -7.66. The third-order valence-electron chi connectivity index (χ3n) is 13.5. The first-order chi connectivity index (χ1) is 37.2. The van der Waals surface area contributed by atoms with E-state index >= 15 is 17.6 Å². The Morgan fingerprint density at radius 3 is 0.833 bits per heavy atom. The van der Waals surface area contributed by atoms with Crippen molar-refractivity contribution in [1.29, 1.82) is 0 Å². The molecular formula is C62H56F4O10P2. The third-order valence-corrected chi connectivity index (χ3v) is 18.3. The number of methoxy groups -OCH3 is 4. The minimum atomic E-state index is -4.28. The molecule has 0 N–H and O–H groups in total. The monoisotopic (exact) mass is 1100 g/mol. The Kier molecular flexibility index (Phi) is 14.4. The first-order valence-electron chi connectivity index (χ1n) is 24.8. The molecule has 0 aromatic heterocycles. The van der Waals surface area contributed by atoms with E-state index in [1.165, 1.54) is 0 Å². The molecule has 2 aliphatic heterocycles. The van der Waals surface area contributed by atoms with Crippen LogP contribution in [0.1, 0.15) is 44.5 Å². The molecule has 402 valence electrons. The molecule has 8 aromatic rings. The van der Waals surface area contributed by atoms with E-state index in [-0.39, 0.29) is 22.6 Å². The molecule has 2 heterocycles. The first-order valence-corrected chi connectivity index (χ1v) is 27.5. The summed E-state index contributed by atoms with van der Waals surface area (Å²) >= 11 is 0. The molecule has 0 fully saturated rings. The summed E-state index contributed by atoms with van der Waals surface area (Å²) in [5.41, 5.74) is 6.22. The van der Waals surface area contributed by atoms with Crippen LogP contribution in [0.5, 0.6) is 69.0 Å². The number of para-hydroxylation sites is 2. The fourth-order valence-electron chi connectivity index (χ4n) is 10.7. The van der Waals surface area contributed by atoms with Crippen LogP contribution in [0.25, 0.3) is 11.1 Å². The maximum absolute atomic E-state index is 16.6. The number of fused-ring (bicyclic) bond motifs is 2. The van der Waals surface area contributed by atoms with Crippen LogP contribution in [-0.4, -0.2) is 41.0 Å². The van der Waals surface area contributed by atoms with Crippen molar-refractivity contribution >= 4 is 47.7 Å². The van der Waals surface area contributed by atoms with E-state index < -0.39 is 51.4 Å². The van der Waals surface area contributed by atoms with Gasteiger partial charge in [-0.25, -0.2) is 0 Å². The van der Waals surface area contributed by atoms with Crippen molar-refractivity contribution in [3.8, 4) is 80.1 Å². The minimum Gasteiger partial charge on any atom is -0.496 e. The van der Waals surface area contributed by atoms with E-state index in [4.69, 9.17) is 47.4 Å². The Bertz CT molecular complexity index is 3200. The summed E-state index contributed by atoms with van der Waals surface area (Å²) in [6.07, 6.45) is -8.57. The molecular weight excluding hydrogens is 1040 g/mol. The first kappa shape index (κ1) is 53.7. The maximum atomic E-state index is 16.6.